The zero-order valence-corrected chi connectivity index (χ0v) is 17.8. The van der Waals surface area contributed by atoms with E-state index in [1.165, 1.54) is 9.80 Å². The molecule has 0 saturated carbocycles. The molecule has 0 aromatic heterocycles. The normalized spacial score (nSPS) is 18.8. The van der Waals surface area contributed by atoms with Gasteiger partial charge in [0.25, 0.3) is 11.1 Å². The van der Waals surface area contributed by atoms with Crippen LogP contribution in [0.1, 0.15) is 13.8 Å². The monoisotopic (exact) mass is 421 g/mol. The predicted octanol–water partition coefficient (Wildman–Crippen LogP) is -0.00970. The van der Waals surface area contributed by atoms with Gasteiger partial charge in [-0.3, -0.25) is 19.3 Å². The summed E-state index contributed by atoms with van der Waals surface area (Å²) in [4.78, 5) is 40.5. The highest BCUT2D eigenvalue weighted by Gasteiger charge is 2.31. The minimum absolute atomic E-state index is 0.0464. The van der Waals surface area contributed by atoms with Gasteiger partial charge in [-0.25, -0.2) is 0 Å². The van der Waals surface area contributed by atoms with Gasteiger partial charge in [0.1, 0.15) is 5.75 Å². The van der Waals surface area contributed by atoms with E-state index in [2.05, 4.69) is 16.3 Å². The molecule has 29 heavy (non-hydrogen) atoms. The number of rotatable bonds is 8. The van der Waals surface area contributed by atoms with Crippen molar-refractivity contribution in [3.63, 3.8) is 0 Å². The molecule has 1 aromatic rings. The Labute approximate surface area is 175 Å². The fourth-order valence-corrected chi connectivity index (χ4v) is 4.44. The van der Waals surface area contributed by atoms with E-state index in [4.69, 9.17) is 4.74 Å². The first kappa shape index (κ1) is 21.4. The van der Waals surface area contributed by atoms with Gasteiger partial charge in [-0.15, -0.1) is 0 Å². The highest BCUT2D eigenvalue weighted by Crippen LogP contribution is 2.27. The predicted molar refractivity (Wildman–Crippen MR) is 113 cm³/mol. The molecule has 2 aliphatic rings. The Morgan fingerprint density at radius 1 is 1.28 bits per heavy atom. The Balaban J connectivity index is 1.46. The number of ether oxygens (including phenoxy) is 1. The number of hydrogen-bond donors (Lipinski definition) is 2. The van der Waals surface area contributed by atoms with E-state index < -0.39 is 0 Å². The number of anilines is 1. The van der Waals surface area contributed by atoms with E-state index >= 15 is 0 Å². The van der Waals surface area contributed by atoms with Gasteiger partial charge in [-0.2, -0.15) is 0 Å². The van der Waals surface area contributed by atoms with Crippen LogP contribution in [0.5, 0.6) is 5.75 Å². The SMILES string of the molecule is CCOc1ccccc1N1CC[NH+]([C@@H](C)C(=O)NCCN2C(=O)CSC2=O)CC1. The fraction of sp³-hybridized carbons (Fsp3) is 0.550. The first-order valence-corrected chi connectivity index (χ1v) is 11.1. The molecule has 3 rings (SSSR count). The van der Waals surface area contributed by atoms with E-state index in [0.29, 0.717) is 13.2 Å². The van der Waals surface area contributed by atoms with Gasteiger partial charge < -0.3 is 19.9 Å². The summed E-state index contributed by atoms with van der Waals surface area (Å²) in [6.07, 6.45) is 0. The number of thioether (sulfide) groups is 1. The third kappa shape index (κ3) is 5.22. The van der Waals surface area contributed by atoms with Crippen LogP contribution in [0.25, 0.3) is 0 Å². The van der Waals surface area contributed by atoms with Crippen LogP contribution in [-0.2, 0) is 9.59 Å². The molecule has 0 spiro atoms. The standard InChI is InChI=1S/C20H28N4O4S/c1-3-28-17-7-5-4-6-16(17)23-12-10-22(11-13-23)15(2)19(26)21-8-9-24-18(25)14-29-20(24)27/h4-7,15H,3,8-14H2,1-2H3,(H,21,26)/p+1/t15-/m0/s1. The number of carbonyl (C=O) groups is 3. The van der Waals surface area contributed by atoms with E-state index in [1.807, 2.05) is 32.0 Å². The molecule has 0 unspecified atom stereocenters. The molecule has 0 radical (unpaired) electrons. The van der Waals surface area contributed by atoms with Crippen LogP contribution in [0.3, 0.4) is 0 Å². The van der Waals surface area contributed by atoms with Crippen LogP contribution in [0, 0.1) is 0 Å². The number of piperazine rings is 1. The van der Waals surface area contributed by atoms with Crippen LogP contribution in [0.15, 0.2) is 24.3 Å². The number of benzene rings is 1. The molecule has 0 bridgehead atoms. The maximum absolute atomic E-state index is 12.5. The van der Waals surface area contributed by atoms with Crippen LogP contribution in [0.2, 0.25) is 0 Å². The van der Waals surface area contributed by atoms with Gasteiger partial charge in [0.15, 0.2) is 6.04 Å². The molecule has 0 aliphatic carbocycles. The smallest absolute Gasteiger partial charge is 0.288 e. The minimum atomic E-state index is -0.230. The lowest BCUT2D eigenvalue weighted by Crippen LogP contribution is -3.19. The van der Waals surface area contributed by atoms with Crippen molar-refractivity contribution in [3.8, 4) is 5.75 Å². The first-order valence-electron chi connectivity index (χ1n) is 10.1. The molecule has 2 saturated heterocycles. The van der Waals surface area contributed by atoms with Gasteiger partial charge in [0.05, 0.1) is 44.2 Å². The van der Waals surface area contributed by atoms with Gasteiger partial charge in [-0.05, 0) is 26.0 Å². The van der Waals surface area contributed by atoms with Crippen molar-refractivity contribution >= 4 is 34.5 Å². The zero-order valence-electron chi connectivity index (χ0n) is 17.0. The van der Waals surface area contributed by atoms with Crippen molar-refractivity contribution < 1.29 is 24.0 Å². The van der Waals surface area contributed by atoms with E-state index in [9.17, 15) is 14.4 Å². The Hall–Kier alpha value is -2.26. The molecule has 1 aromatic carbocycles. The molecule has 9 heteroatoms. The summed E-state index contributed by atoms with van der Waals surface area (Å²) in [5.74, 6) is 0.865. The first-order chi connectivity index (χ1) is 14.0. The van der Waals surface area contributed by atoms with Crippen molar-refractivity contribution in [3.05, 3.63) is 24.3 Å². The largest absolute Gasteiger partial charge is 0.492 e. The molecule has 158 valence electrons. The summed E-state index contributed by atoms with van der Waals surface area (Å²) in [6.45, 7) is 8.49. The average molecular weight is 422 g/mol. The van der Waals surface area contributed by atoms with E-state index in [-0.39, 0.29) is 35.4 Å². The second-order valence-electron chi connectivity index (χ2n) is 7.16. The number of hydrogen-bond acceptors (Lipinski definition) is 6. The molecule has 3 amide bonds. The highest BCUT2D eigenvalue weighted by atomic mass is 32.2. The second kappa shape index (κ2) is 9.98. The molecule has 2 aliphatic heterocycles. The van der Waals surface area contributed by atoms with Crippen LogP contribution in [0.4, 0.5) is 10.5 Å². The van der Waals surface area contributed by atoms with Crippen molar-refractivity contribution in [2.45, 2.75) is 19.9 Å². The summed E-state index contributed by atoms with van der Waals surface area (Å²) in [5, 5.41) is 2.64. The topological polar surface area (TPSA) is 83.4 Å². The number of nitrogens with zero attached hydrogens (tertiary/aromatic N) is 2. The van der Waals surface area contributed by atoms with Gasteiger partial charge in [0, 0.05) is 13.1 Å². The maximum atomic E-state index is 12.5. The number of carbonyl (C=O) groups excluding carboxylic acids is 3. The van der Waals surface area contributed by atoms with Crippen LogP contribution in [-0.4, -0.2) is 79.6 Å². The van der Waals surface area contributed by atoms with Crippen LogP contribution < -0.4 is 19.9 Å². The molecule has 2 heterocycles. The summed E-state index contributed by atoms with van der Waals surface area (Å²) in [6, 6.07) is 7.87. The number of amides is 3. The average Bonchev–Trinajstić information content (AvgIpc) is 3.06. The number of quaternary nitrogens is 1. The Morgan fingerprint density at radius 3 is 2.66 bits per heavy atom. The number of nitrogens with one attached hydrogen (secondary N) is 2. The van der Waals surface area contributed by atoms with Crippen molar-refractivity contribution in [1.82, 2.24) is 10.2 Å². The molecular formula is C20H29N4O4S+. The summed E-state index contributed by atoms with van der Waals surface area (Å²) < 4.78 is 5.74. The van der Waals surface area contributed by atoms with Gasteiger partial charge in [-0.1, -0.05) is 23.9 Å². The Bertz CT molecular complexity index is 736. The highest BCUT2D eigenvalue weighted by molar-refractivity contribution is 8.14. The second-order valence-corrected chi connectivity index (χ2v) is 8.09. The van der Waals surface area contributed by atoms with Gasteiger partial charge in [0.2, 0.25) is 5.91 Å². The molecule has 1 atom stereocenters. The van der Waals surface area contributed by atoms with E-state index in [0.717, 1.165) is 49.4 Å². The third-order valence-electron chi connectivity index (χ3n) is 5.39. The number of para-hydroxylation sites is 2. The molecule has 2 N–H and O–H groups in total. The lowest BCUT2D eigenvalue weighted by Gasteiger charge is -2.36. The maximum Gasteiger partial charge on any atom is 0.288 e. The van der Waals surface area contributed by atoms with Crippen molar-refractivity contribution in [1.29, 1.82) is 0 Å². The lowest BCUT2D eigenvalue weighted by atomic mass is 10.2. The van der Waals surface area contributed by atoms with Gasteiger partial charge >= 0.3 is 0 Å². The van der Waals surface area contributed by atoms with Crippen molar-refractivity contribution in [2.24, 2.45) is 0 Å². The summed E-state index contributed by atoms with van der Waals surface area (Å²) in [7, 11) is 0. The summed E-state index contributed by atoms with van der Waals surface area (Å²) >= 11 is 1.01. The summed E-state index contributed by atoms with van der Waals surface area (Å²) in [5.41, 5.74) is 1.10. The van der Waals surface area contributed by atoms with E-state index in [1.54, 1.807) is 0 Å². The molecule has 8 nitrogen and oxygen atoms in total. The minimum Gasteiger partial charge on any atom is -0.492 e. The zero-order chi connectivity index (χ0) is 20.8. The van der Waals surface area contributed by atoms with Crippen molar-refractivity contribution in [2.75, 3.05) is 56.5 Å². The molecule has 2 fully saturated rings. The lowest BCUT2D eigenvalue weighted by molar-refractivity contribution is -0.914. The fourth-order valence-electron chi connectivity index (χ4n) is 3.69. The third-order valence-corrected chi connectivity index (χ3v) is 6.25. The Morgan fingerprint density at radius 2 is 2.00 bits per heavy atom. The molecular weight excluding hydrogens is 392 g/mol. The van der Waals surface area contributed by atoms with Crippen LogP contribution >= 0.6 is 11.8 Å². The number of imide groups is 1. The Kier molecular flexibility index (Phi) is 7.38. The quantitative estimate of drug-likeness (QED) is 0.614.